The van der Waals surface area contributed by atoms with Crippen molar-refractivity contribution in [3.8, 4) is 11.4 Å². The molecule has 0 N–H and O–H groups in total. The number of piperidine rings is 1. The molecule has 2 saturated heterocycles. The van der Waals surface area contributed by atoms with Crippen molar-refractivity contribution in [2.75, 3.05) is 24.6 Å². The molecule has 35 heavy (non-hydrogen) atoms. The molecular weight excluding hydrogens is 479 g/mol. The molecule has 2 aliphatic carbocycles. The lowest BCUT2D eigenvalue weighted by Gasteiger charge is -2.48. The van der Waals surface area contributed by atoms with Crippen LogP contribution >= 0.6 is 0 Å². The van der Waals surface area contributed by atoms with Crippen LogP contribution in [0.5, 0.6) is 0 Å². The molecule has 0 unspecified atom stereocenters. The summed E-state index contributed by atoms with van der Waals surface area (Å²) in [4.78, 5) is 9.66. The summed E-state index contributed by atoms with van der Waals surface area (Å²) in [6, 6.07) is 4.03. The van der Waals surface area contributed by atoms with E-state index >= 15 is 0 Å². The fourth-order valence-corrected chi connectivity index (χ4v) is 9.29. The van der Waals surface area contributed by atoms with E-state index in [2.05, 4.69) is 20.0 Å². The Hall–Kier alpha value is -2.01. The minimum Gasteiger partial charge on any atom is -0.300 e. The van der Waals surface area contributed by atoms with Gasteiger partial charge in [0.1, 0.15) is 5.69 Å². The lowest BCUT2D eigenvalue weighted by molar-refractivity contribution is -0.144. The van der Waals surface area contributed by atoms with Crippen molar-refractivity contribution in [3.63, 3.8) is 0 Å². The minimum absolute atomic E-state index is 0.0343. The molecule has 4 fully saturated rings. The average molecular weight is 510 g/mol. The Kier molecular flexibility index (Phi) is 5.18. The molecule has 2 aromatic rings. The van der Waals surface area contributed by atoms with Gasteiger partial charge in [-0.2, -0.15) is 18.3 Å². The Morgan fingerprint density at radius 3 is 2.31 bits per heavy atom. The van der Waals surface area contributed by atoms with Crippen molar-refractivity contribution >= 4 is 9.84 Å². The van der Waals surface area contributed by atoms with E-state index in [1.54, 1.807) is 0 Å². The summed E-state index contributed by atoms with van der Waals surface area (Å²) >= 11 is 0. The molecule has 0 bridgehead atoms. The van der Waals surface area contributed by atoms with Crippen LogP contribution in [0, 0.1) is 17.3 Å². The third-order valence-corrected chi connectivity index (χ3v) is 10.7. The molecule has 7 nitrogen and oxygen atoms in total. The first kappa shape index (κ1) is 23.4. The van der Waals surface area contributed by atoms with Crippen molar-refractivity contribution < 1.29 is 21.6 Å². The fourth-order valence-electron chi connectivity index (χ4n) is 6.93. The minimum atomic E-state index is -4.59. The van der Waals surface area contributed by atoms with Crippen molar-refractivity contribution in [2.45, 2.75) is 63.7 Å². The second-order valence-corrected chi connectivity index (χ2v) is 13.4. The Morgan fingerprint density at radius 2 is 1.74 bits per heavy atom. The van der Waals surface area contributed by atoms with Crippen molar-refractivity contribution in [1.82, 2.24) is 24.6 Å². The van der Waals surface area contributed by atoms with Crippen LogP contribution in [0.25, 0.3) is 11.4 Å². The monoisotopic (exact) mass is 509 g/mol. The topological polar surface area (TPSA) is 81.0 Å². The maximum atomic E-state index is 13.1. The number of rotatable bonds is 4. The summed E-state index contributed by atoms with van der Waals surface area (Å²) in [5.74, 6) is 1.10. The smallest absolute Gasteiger partial charge is 0.300 e. The Bertz CT molecular complexity index is 1220. The van der Waals surface area contributed by atoms with E-state index in [-0.39, 0.29) is 17.2 Å². The van der Waals surface area contributed by atoms with Crippen LogP contribution in [-0.4, -0.2) is 63.7 Å². The second kappa shape index (κ2) is 7.74. The Labute approximate surface area is 203 Å². The number of halogens is 3. The van der Waals surface area contributed by atoms with E-state index < -0.39 is 21.8 Å². The first-order chi connectivity index (χ1) is 16.4. The summed E-state index contributed by atoms with van der Waals surface area (Å²) in [5, 5.41) is 4.64. The summed E-state index contributed by atoms with van der Waals surface area (Å²) < 4.78 is 64.6. The third-order valence-electron chi connectivity index (χ3n) is 8.61. The Balaban J connectivity index is 1.14. The summed E-state index contributed by atoms with van der Waals surface area (Å²) in [6.07, 6.45) is 0.726. The van der Waals surface area contributed by atoms with E-state index in [1.165, 1.54) is 6.07 Å². The number of hydrogen-bond donors (Lipinski definition) is 0. The molecule has 2 aromatic heterocycles. The van der Waals surface area contributed by atoms with Gasteiger partial charge in [-0.05, 0) is 76.6 Å². The molecule has 11 heteroatoms. The predicted molar refractivity (Wildman–Crippen MR) is 123 cm³/mol. The summed E-state index contributed by atoms with van der Waals surface area (Å²) in [5.41, 5.74) is 1.77. The molecule has 4 aliphatic rings. The molecule has 1 spiro atoms. The number of fused-ring (bicyclic) bond motifs is 1. The fraction of sp³-hybridized carbons (Fsp3) is 0.708. The number of nitrogens with zero attached hydrogens (tertiary/aromatic N) is 5. The van der Waals surface area contributed by atoms with Gasteiger partial charge in [-0.25, -0.2) is 18.4 Å². The van der Waals surface area contributed by atoms with Gasteiger partial charge in [-0.1, -0.05) is 0 Å². The SMILES string of the molecule is CC(C)n1nc(-c2ccnc(C(F)(F)F)n2)cc1[C@H]1[C@@H]2C[C@@H](N3CCC4(CC3)CS(=O)(=O)C4)C[C@@H]21. The highest BCUT2D eigenvalue weighted by atomic mass is 32.2. The maximum absolute atomic E-state index is 13.1. The van der Waals surface area contributed by atoms with Gasteiger partial charge in [-0.3, -0.25) is 4.68 Å². The van der Waals surface area contributed by atoms with Gasteiger partial charge < -0.3 is 4.90 Å². The molecule has 2 saturated carbocycles. The van der Waals surface area contributed by atoms with Gasteiger partial charge in [0.25, 0.3) is 0 Å². The van der Waals surface area contributed by atoms with E-state index in [1.807, 2.05) is 24.6 Å². The van der Waals surface area contributed by atoms with E-state index in [0.29, 0.717) is 41.0 Å². The van der Waals surface area contributed by atoms with E-state index in [4.69, 9.17) is 0 Å². The zero-order valence-electron chi connectivity index (χ0n) is 19.9. The number of aromatic nitrogens is 4. The third kappa shape index (κ3) is 4.08. The normalized spacial score (nSPS) is 31.5. The highest BCUT2D eigenvalue weighted by Gasteiger charge is 2.59. The number of likely N-dealkylation sites (tertiary alicyclic amines) is 1. The summed E-state index contributed by atoms with van der Waals surface area (Å²) in [7, 11) is -2.80. The molecule has 4 atom stereocenters. The number of alkyl halides is 3. The lowest BCUT2D eigenvalue weighted by Crippen LogP contribution is -2.55. The number of sulfone groups is 1. The van der Waals surface area contributed by atoms with Crippen molar-refractivity contribution in [3.05, 3.63) is 29.8 Å². The van der Waals surface area contributed by atoms with Gasteiger partial charge in [-0.15, -0.1) is 0 Å². The standard InChI is InChI=1S/C24H30F3N5O2S/c1-14(2)32-20(11-19(30-32)18-3-6-28-22(29-18)24(25,26)27)21-16-9-15(10-17(16)21)31-7-4-23(5-8-31)12-35(33,34)13-23/h3,6,11,14-17,21H,4-5,7-10,12-13H2,1-2H3/t15-,16-,17+,21+. The van der Waals surface area contributed by atoms with E-state index in [0.717, 1.165) is 50.7 Å². The van der Waals surface area contributed by atoms with Crippen LogP contribution in [-0.2, 0) is 16.0 Å². The quantitative estimate of drug-likeness (QED) is 0.621. The highest BCUT2D eigenvalue weighted by molar-refractivity contribution is 7.92. The first-order valence-corrected chi connectivity index (χ1v) is 14.2. The highest BCUT2D eigenvalue weighted by Crippen LogP contribution is 2.64. The van der Waals surface area contributed by atoms with Gasteiger partial charge in [0, 0.05) is 35.3 Å². The molecule has 190 valence electrons. The molecule has 0 amide bonds. The maximum Gasteiger partial charge on any atom is 0.451 e. The van der Waals surface area contributed by atoms with Crippen molar-refractivity contribution in [1.29, 1.82) is 0 Å². The van der Waals surface area contributed by atoms with Crippen LogP contribution in [0.1, 0.15) is 63.0 Å². The van der Waals surface area contributed by atoms with Crippen LogP contribution in [0.4, 0.5) is 13.2 Å². The van der Waals surface area contributed by atoms with Gasteiger partial charge in [0.2, 0.25) is 5.82 Å². The van der Waals surface area contributed by atoms with Crippen LogP contribution < -0.4 is 0 Å². The predicted octanol–water partition coefficient (Wildman–Crippen LogP) is 3.94. The average Bonchev–Trinajstić information content (AvgIpc) is 3.13. The van der Waals surface area contributed by atoms with Crippen molar-refractivity contribution in [2.24, 2.45) is 17.3 Å². The largest absolute Gasteiger partial charge is 0.451 e. The lowest BCUT2D eigenvalue weighted by atomic mass is 9.80. The van der Waals surface area contributed by atoms with Gasteiger partial charge in [0.15, 0.2) is 9.84 Å². The molecule has 0 aromatic carbocycles. The van der Waals surface area contributed by atoms with Crippen LogP contribution in [0.15, 0.2) is 18.3 Å². The van der Waals surface area contributed by atoms with Crippen LogP contribution in [0.3, 0.4) is 0 Å². The molecular formula is C24H30F3N5O2S. The van der Waals surface area contributed by atoms with E-state index in [9.17, 15) is 21.6 Å². The second-order valence-electron chi connectivity index (χ2n) is 11.3. The molecule has 2 aliphatic heterocycles. The zero-order valence-corrected chi connectivity index (χ0v) is 20.7. The Morgan fingerprint density at radius 1 is 1.09 bits per heavy atom. The van der Waals surface area contributed by atoms with Gasteiger partial charge >= 0.3 is 6.18 Å². The summed E-state index contributed by atoms with van der Waals surface area (Å²) in [6.45, 7) is 6.03. The number of hydrogen-bond acceptors (Lipinski definition) is 6. The molecule has 0 radical (unpaired) electrons. The van der Waals surface area contributed by atoms with Gasteiger partial charge in [0.05, 0.1) is 17.2 Å². The zero-order chi connectivity index (χ0) is 24.8. The molecule has 4 heterocycles. The first-order valence-electron chi connectivity index (χ1n) is 12.4. The molecule has 6 rings (SSSR count). The van der Waals surface area contributed by atoms with Crippen LogP contribution in [0.2, 0.25) is 0 Å².